The number of amidine groups is 2. The van der Waals surface area contributed by atoms with Gasteiger partial charge in [-0.25, -0.2) is 9.98 Å². The summed E-state index contributed by atoms with van der Waals surface area (Å²) in [6.07, 6.45) is 16.0. The molecule has 3 heterocycles. The van der Waals surface area contributed by atoms with Gasteiger partial charge in [0.15, 0.2) is 29.2 Å². The Morgan fingerprint density at radius 2 is 1.44 bits per heavy atom. The Bertz CT molecular complexity index is 2870. The van der Waals surface area contributed by atoms with Crippen LogP contribution in [0.5, 0.6) is 23.0 Å². The molecule has 6 aromatic carbocycles. The fourth-order valence-corrected chi connectivity index (χ4v) is 8.32. The maximum absolute atomic E-state index is 6.40. The van der Waals surface area contributed by atoms with Gasteiger partial charge in [0.05, 0.1) is 11.0 Å². The lowest BCUT2D eigenvalue weighted by Gasteiger charge is -2.26. The smallest absolute Gasteiger partial charge is 0.172 e. The van der Waals surface area contributed by atoms with Crippen LogP contribution >= 0.6 is 0 Å². The van der Waals surface area contributed by atoms with E-state index in [4.69, 9.17) is 19.5 Å². The van der Waals surface area contributed by atoms with Gasteiger partial charge in [0.1, 0.15) is 11.7 Å². The molecule has 0 saturated heterocycles. The van der Waals surface area contributed by atoms with Crippen molar-refractivity contribution in [1.29, 1.82) is 0 Å². The minimum Gasteiger partial charge on any atom is -0.449 e. The quantitative estimate of drug-likeness (QED) is 0.193. The first-order valence-electron chi connectivity index (χ1n) is 19.0. The van der Waals surface area contributed by atoms with Crippen LogP contribution in [0.2, 0.25) is 0 Å². The van der Waals surface area contributed by atoms with Crippen LogP contribution in [-0.2, 0) is 0 Å². The van der Waals surface area contributed by atoms with Crippen LogP contribution in [0.3, 0.4) is 0 Å². The second-order valence-electron chi connectivity index (χ2n) is 14.5. The summed E-state index contributed by atoms with van der Waals surface area (Å²) in [4.78, 5) is 10.2. The number of benzene rings is 6. The lowest BCUT2D eigenvalue weighted by Crippen LogP contribution is -2.38. The highest BCUT2D eigenvalue weighted by atomic mass is 16.6. The Balaban J connectivity index is 0.926. The molecule has 0 fully saturated rings. The number of nitrogens with zero attached hydrogens (tertiary/aromatic N) is 3. The topological polar surface area (TPSA) is 60.1 Å². The van der Waals surface area contributed by atoms with Crippen molar-refractivity contribution in [2.45, 2.75) is 31.3 Å². The molecule has 6 heteroatoms. The molecule has 2 atom stereocenters. The van der Waals surface area contributed by atoms with Gasteiger partial charge in [-0.2, -0.15) is 0 Å². The fraction of sp³-hybridized carbons (Fsp3) is 0.102. The van der Waals surface area contributed by atoms with E-state index in [1.807, 2.05) is 30.3 Å². The highest BCUT2D eigenvalue weighted by Crippen LogP contribution is 2.49. The standard InChI is InChI=1S/C49H36N4O2/c1-3-12-34(13-4-1)47-50-48(35-14-5-2-6-15-35)52-49(51-47)36-21-19-31(20-22-36)32-23-26-37(27-24-32)53-41-30-45-44(54-42-17-9-10-18-43(42)55-45)29-40(41)39-28-25-33-11-7-8-16-38(33)46(39)53/h1-5,7-14,16-19,21-31,48H,6,15,20H2,(H,50,51,52). The zero-order valence-electron chi connectivity index (χ0n) is 30.0. The van der Waals surface area contributed by atoms with Crippen molar-refractivity contribution in [3.05, 3.63) is 186 Å². The summed E-state index contributed by atoms with van der Waals surface area (Å²) in [5.74, 6) is 4.87. The van der Waals surface area contributed by atoms with E-state index < -0.39 is 0 Å². The number of ether oxygens (including phenoxy) is 2. The van der Waals surface area contributed by atoms with Gasteiger partial charge in [-0.05, 0) is 66.1 Å². The third-order valence-corrected chi connectivity index (χ3v) is 11.1. The molecule has 0 spiro atoms. The minimum absolute atomic E-state index is 0.227. The number of aliphatic imine (C=N–C) groups is 2. The Kier molecular flexibility index (Phi) is 7.40. The lowest BCUT2D eigenvalue weighted by atomic mass is 9.89. The van der Waals surface area contributed by atoms with Crippen LogP contribution in [0.4, 0.5) is 0 Å². The van der Waals surface area contributed by atoms with E-state index in [1.165, 1.54) is 32.8 Å². The number of hydrogen-bond acceptors (Lipinski definition) is 5. The van der Waals surface area contributed by atoms with E-state index in [2.05, 4.69) is 143 Å². The number of hydrogen-bond donors (Lipinski definition) is 1. The predicted molar refractivity (Wildman–Crippen MR) is 223 cm³/mol. The number of para-hydroxylation sites is 2. The summed E-state index contributed by atoms with van der Waals surface area (Å²) in [6, 6.07) is 44.5. The number of rotatable bonds is 5. The molecule has 4 aliphatic rings. The summed E-state index contributed by atoms with van der Waals surface area (Å²) in [5.41, 5.74) is 8.02. The maximum Gasteiger partial charge on any atom is 0.172 e. The Hall–Kier alpha value is -6.92. The van der Waals surface area contributed by atoms with Gasteiger partial charge >= 0.3 is 0 Å². The molecule has 7 aromatic rings. The first-order chi connectivity index (χ1) is 27.2. The first kappa shape index (κ1) is 31.6. The maximum atomic E-state index is 6.40. The molecule has 11 rings (SSSR count). The minimum atomic E-state index is -0.227. The van der Waals surface area contributed by atoms with Crippen molar-refractivity contribution in [3.8, 4) is 28.7 Å². The van der Waals surface area contributed by atoms with Gasteiger partial charge in [0, 0.05) is 45.0 Å². The fourth-order valence-electron chi connectivity index (χ4n) is 8.32. The number of aromatic nitrogens is 1. The molecule has 0 saturated carbocycles. The summed E-state index contributed by atoms with van der Waals surface area (Å²) in [7, 11) is 0. The molecule has 1 N–H and O–H groups in total. The van der Waals surface area contributed by atoms with Gasteiger partial charge in [0.2, 0.25) is 0 Å². The molecule has 2 aliphatic carbocycles. The van der Waals surface area contributed by atoms with Crippen LogP contribution in [0.15, 0.2) is 185 Å². The van der Waals surface area contributed by atoms with Gasteiger partial charge in [0.25, 0.3) is 0 Å². The molecule has 0 radical (unpaired) electrons. The zero-order chi connectivity index (χ0) is 36.3. The van der Waals surface area contributed by atoms with E-state index in [0.29, 0.717) is 5.75 Å². The average Bonchev–Trinajstić information content (AvgIpc) is 3.58. The Labute approximate surface area is 318 Å². The SMILES string of the molecule is C1=CCCC(C2N=C(C3=CCC(c4ccc(-n5c6cc7c(cc6c6ccc8ccccc8c65)Oc5ccccc5O7)cc4)C=C3)NC(c3ccccc3)=N2)=C1. The number of allylic oxidation sites excluding steroid dienone is 5. The van der Waals surface area contributed by atoms with Gasteiger partial charge in [-0.3, -0.25) is 0 Å². The normalized spacial score (nSPS) is 18.7. The molecule has 2 unspecified atom stereocenters. The monoisotopic (exact) mass is 712 g/mol. The molecular formula is C49H36N4O2. The van der Waals surface area contributed by atoms with E-state index in [0.717, 1.165) is 75.9 Å². The molecule has 6 nitrogen and oxygen atoms in total. The van der Waals surface area contributed by atoms with Crippen LogP contribution in [0.25, 0.3) is 38.3 Å². The largest absolute Gasteiger partial charge is 0.449 e. The predicted octanol–water partition coefficient (Wildman–Crippen LogP) is 11.9. The van der Waals surface area contributed by atoms with Crippen molar-refractivity contribution in [3.63, 3.8) is 0 Å². The Morgan fingerprint density at radius 1 is 0.673 bits per heavy atom. The van der Waals surface area contributed by atoms with Gasteiger partial charge < -0.3 is 19.4 Å². The molecule has 264 valence electrons. The van der Waals surface area contributed by atoms with Gasteiger partial charge in [-0.1, -0.05) is 127 Å². The summed E-state index contributed by atoms with van der Waals surface area (Å²) < 4.78 is 15.1. The van der Waals surface area contributed by atoms with Crippen molar-refractivity contribution in [2.75, 3.05) is 0 Å². The highest BCUT2D eigenvalue weighted by Gasteiger charge is 2.26. The molecule has 0 bridgehead atoms. The highest BCUT2D eigenvalue weighted by molar-refractivity contribution is 6.19. The second kappa shape index (κ2) is 12.9. The van der Waals surface area contributed by atoms with Crippen molar-refractivity contribution in [2.24, 2.45) is 9.98 Å². The Morgan fingerprint density at radius 3 is 2.22 bits per heavy atom. The second-order valence-corrected chi connectivity index (χ2v) is 14.5. The molecule has 2 aliphatic heterocycles. The summed E-state index contributed by atoms with van der Waals surface area (Å²) in [6.45, 7) is 0. The van der Waals surface area contributed by atoms with Crippen molar-refractivity contribution in [1.82, 2.24) is 9.88 Å². The van der Waals surface area contributed by atoms with Crippen LogP contribution in [0, 0.1) is 0 Å². The summed E-state index contributed by atoms with van der Waals surface area (Å²) >= 11 is 0. The molecule has 0 amide bonds. The summed E-state index contributed by atoms with van der Waals surface area (Å²) in [5, 5.41) is 8.27. The molecule has 55 heavy (non-hydrogen) atoms. The van der Waals surface area contributed by atoms with Gasteiger partial charge in [-0.15, -0.1) is 0 Å². The first-order valence-corrected chi connectivity index (χ1v) is 19.0. The number of nitrogens with one attached hydrogen (secondary N) is 1. The molecular weight excluding hydrogens is 677 g/mol. The van der Waals surface area contributed by atoms with Crippen molar-refractivity contribution < 1.29 is 9.47 Å². The zero-order valence-corrected chi connectivity index (χ0v) is 30.0. The third kappa shape index (κ3) is 5.48. The van der Waals surface area contributed by atoms with E-state index in [9.17, 15) is 0 Å². The van der Waals surface area contributed by atoms with E-state index in [-0.39, 0.29) is 12.1 Å². The van der Waals surface area contributed by atoms with E-state index >= 15 is 0 Å². The van der Waals surface area contributed by atoms with E-state index in [1.54, 1.807) is 0 Å². The lowest BCUT2D eigenvalue weighted by molar-refractivity contribution is 0.360. The average molecular weight is 713 g/mol. The van der Waals surface area contributed by atoms with Crippen LogP contribution in [-0.4, -0.2) is 22.4 Å². The van der Waals surface area contributed by atoms with Crippen molar-refractivity contribution >= 4 is 44.2 Å². The molecule has 1 aromatic heterocycles. The third-order valence-electron chi connectivity index (χ3n) is 11.1. The van der Waals surface area contributed by atoms with Crippen LogP contribution in [0.1, 0.15) is 36.3 Å². The number of fused-ring (bicyclic) bond motifs is 7. The van der Waals surface area contributed by atoms with Crippen LogP contribution < -0.4 is 14.8 Å².